The van der Waals surface area contributed by atoms with Crippen molar-refractivity contribution in [1.82, 2.24) is 15.1 Å². The van der Waals surface area contributed by atoms with Gasteiger partial charge in [-0.2, -0.15) is 0 Å². The van der Waals surface area contributed by atoms with Crippen LogP contribution in [0.5, 0.6) is 0 Å². The molecule has 0 saturated carbocycles. The van der Waals surface area contributed by atoms with Crippen LogP contribution < -0.4 is 5.32 Å². The van der Waals surface area contributed by atoms with Gasteiger partial charge in [0.05, 0.1) is 6.61 Å². The standard InChI is InChI=1S/C18H27N3O3S/c1-20(12-14-5-4-6-16(9-14)25-3)18(23)19-11-15-10-17(22)21(13-15)7-8-24-2/h4-6,9,15H,7-8,10-13H2,1-3H3,(H,19,23)/t15-/m0/s1. The Hall–Kier alpha value is -1.73. The minimum atomic E-state index is -0.114. The van der Waals surface area contributed by atoms with E-state index in [1.807, 2.05) is 18.4 Å². The van der Waals surface area contributed by atoms with E-state index in [0.717, 1.165) is 5.56 Å². The zero-order valence-corrected chi connectivity index (χ0v) is 16.0. The van der Waals surface area contributed by atoms with E-state index in [1.165, 1.54) is 4.90 Å². The SMILES string of the molecule is COCCN1C[C@H](CNC(=O)N(C)Cc2cccc(SC)c2)CC1=O. The number of nitrogens with zero attached hydrogens (tertiary/aromatic N) is 2. The van der Waals surface area contributed by atoms with Crippen molar-refractivity contribution in [3.8, 4) is 0 Å². The molecule has 1 aliphatic rings. The van der Waals surface area contributed by atoms with Gasteiger partial charge in [0.2, 0.25) is 5.91 Å². The van der Waals surface area contributed by atoms with Crippen LogP contribution in [-0.4, -0.2) is 68.4 Å². The third-order valence-electron chi connectivity index (χ3n) is 4.30. The first-order chi connectivity index (χ1) is 12.0. The molecule has 0 aliphatic carbocycles. The average Bonchev–Trinajstić information content (AvgIpc) is 2.97. The van der Waals surface area contributed by atoms with E-state index in [2.05, 4.69) is 17.4 Å². The molecule has 0 unspecified atom stereocenters. The van der Waals surface area contributed by atoms with Gasteiger partial charge in [-0.3, -0.25) is 4.79 Å². The van der Waals surface area contributed by atoms with E-state index >= 15 is 0 Å². The Morgan fingerprint density at radius 1 is 1.48 bits per heavy atom. The molecule has 6 nitrogen and oxygen atoms in total. The Bertz CT molecular complexity index is 597. The molecule has 2 rings (SSSR count). The molecular formula is C18H27N3O3S. The number of rotatable bonds is 8. The van der Waals surface area contributed by atoms with E-state index in [9.17, 15) is 9.59 Å². The van der Waals surface area contributed by atoms with Gasteiger partial charge in [-0.1, -0.05) is 12.1 Å². The molecular weight excluding hydrogens is 338 g/mol. The van der Waals surface area contributed by atoms with Crippen molar-refractivity contribution in [2.24, 2.45) is 5.92 Å². The predicted molar refractivity (Wildman–Crippen MR) is 99.7 cm³/mol. The molecule has 0 radical (unpaired) electrons. The zero-order valence-electron chi connectivity index (χ0n) is 15.2. The Kier molecular flexibility index (Phi) is 7.58. The lowest BCUT2D eigenvalue weighted by Gasteiger charge is -2.20. The topological polar surface area (TPSA) is 61.9 Å². The first-order valence-corrected chi connectivity index (χ1v) is 9.64. The van der Waals surface area contributed by atoms with Gasteiger partial charge >= 0.3 is 6.03 Å². The fourth-order valence-corrected chi connectivity index (χ4v) is 3.38. The smallest absolute Gasteiger partial charge is 0.317 e. The summed E-state index contributed by atoms with van der Waals surface area (Å²) in [5.41, 5.74) is 1.10. The highest BCUT2D eigenvalue weighted by molar-refractivity contribution is 7.98. The lowest BCUT2D eigenvalue weighted by molar-refractivity contribution is -0.128. The lowest BCUT2D eigenvalue weighted by atomic mass is 10.1. The second kappa shape index (κ2) is 9.68. The second-order valence-corrected chi connectivity index (χ2v) is 7.18. The molecule has 1 aromatic rings. The summed E-state index contributed by atoms with van der Waals surface area (Å²) >= 11 is 1.69. The largest absolute Gasteiger partial charge is 0.383 e. The second-order valence-electron chi connectivity index (χ2n) is 6.30. The number of carbonyl (C=O) groups is 2. The van der Waals surface area contributed by atoms with Gasteiger partial charge < -0.3 is 19.9 Å². The van der Waals surface area contributed by atoms with Crippen molar-refractivity contribution in [3.63, 3.8) is 0 Å². The summed E-state index contributed by atoms with van der Waals surface area (Å²) in [6.45, 7) is 2.92. The maximum Gasteiger partial charge on any atom is 0.317 e. The van der Waals surface area contributed by atoms with Crippen LogP contribution in [0.2, 0.25) is 0 Å². The molecule has 3 amide bonds. The van der Waals surface area contributed by atoms with Gasteiger partial charge in [-0.05, 0) is 24.0 Å². The van der Waals surface area contributed by atoms with Gasteiger partial charge in [0.1, 0.15) is 0 Å². The number of urea groups is 1. The number of hydrogen-bond acceptors (Lipinski definition) is 4. The van der Waals surface area contributed by atoms with Crippen LogP contribution in [-0.2, 0) is 16.1 Å². The number of methoxy groups -OCH3 is 1. The number of carbonyl (C=O) groups excluding carboxylic acids is 2. The van der Waals surface area contributed by atoms with E-state index in [0.29, 0.717) is 39.2 Å². The van der Waals surface area contributed by atoms with Crippen molar-refractivity contribution in [2.75, 3.05) is 46.7 Å². The van der Waals surface area contributed by atoms with Gasteiger partial charge in [-0.15, -0.1) is 11.8 Å². The van der Waals surface area contributed by atoms with Gasteiger partial charge in [0, 0.05) is 57.6 Å². The van der Waals surface area contributed by atoms with E-state index in [4.69, 9.17) is 4.74 Å². The molecule has 0 aromatic heterocycles. The number of hydrogen-bond donors (Lipinski definition) is 1. The van der Waals surface area contributed by atoms with Crippen molar-refractivity contribution in [3.05, 3.63) is 29.8 Å². The average molecular weight is 365 g/mol. The molecule has 1 aliphatic heterocycles. The van der Waals surface area contributed by atoms with Crippen LogP contribution in [0.15, 0.2) is 29.2 Å². The van der Waals surface area contributed by atoms with E-state index in [1.54, 1.807) is 35.7 Å². The lowest BCUT2D eigenvalue weighted by Crippen LogP contribution is -2.39. The van der Waals surface area contributed by atoms with Gasteiger partial charge in [-0.25, -0.2) is 4.79 Å². The fraction of sp³-hybridized carbons (Fsp3) is 0.556. The first kappa shape index (κ1) is 19.6. The molecule has 138 valence electrons. The van der Waals surface area contributed by atoms with E-state index < -0.39 is 0 Å². The Morgan fingerprint density at radius 2 is 2.28 bits per heavy atom. The predicted octanol–water partition coefficient (Wildman–Crippen LogP) is 2.04. The first-order valence-electron chi connectivity index (χ1n) is 8.42. The number of benzene rings is 1. The molecule has 1 atom stereocenters. The maximum atomic E-state index is 12.3. The minimum Gasteiger partial charge on any atom is -0.383 e. The Morgan fingerprint density at radius 3 is 3.00 bits per heavy atom. The van der Waals surface area contributed by atoms with Crippen molar-refractivity contribution >= 4 is 23.7 Å². The quantitative estimate of drug-likeness (QED) is 0.716. The summed E-state index contributed by atoms with van der Waals surface area (Å²) in [6, 6.07) is 8.06. The van der Waals surface area contributed by atoms with Gasteiger partial charge in [0.25, 0.3) is 0 Å². The van der Waals surface area contributed by atoms with Gasteiger partial charge in [0.15, 0.2) is 0 Å². The van der Waals surface area contributed by atoms with Crippen LogP contribution in [0.25, 0.3) is 0 Å². The Balaban J connectivity index is 1.77. The normalized spacial score (nSPS) is 17.0. The third kappa shape index (κ3) is 5.93. The highest BCUT2D eigenvalue weighted by atomic mass is 32.2. The molecule has 0 bridgehead atoms. The molecule has 1 N–H and O–H groups in total. The van der Waals surface area contributed by atoms with Crippen LogP contribution >= 0.6 is 11.8 Å². The molecule has 25 heavy (non-hydrogen) atoms. The summed E-state index contributed by atoms with van der Waals surface area (Å²) in [4.78, 5) is 28.9. The summed E-state index contributed by atoms with van der Waals surface area (Å²) in [5, 5.41) is 2.94. The highest BCUT2D eigenvalue weighted by Gasteiger charge is 2.29. The highest BCUT2D eigenvalue weighted by Crippen LogP contribution is 2.18. The van der Waals surface area contributed by atoms with Crippen LogP contribution in [0.1, 0.15) is 12.0 Å². The minimum absolute atomic E-state index is 0.114. The molecule has 1 saturated heterocycles. The molecule has 1 heterocycles. The van der Waals surface area contributed by atoms with Crippen LogP contribution in [0.4, 0.5) is 4.79 Å². The molecule has 1 fully saturated rings. The third-order valence-corrected chi connectivity index (χ3v) is 5.03. The monoisotopic (exact) mass is 365 g/mol. The molecule has 7 heteroatoms. The van der Waals surface area contributed by atoms with Crippen LogP contribution in [0, 0.1) is 5.92 Å². The summed E-state index contributed by atoms with van der Waals surface area (Å²) < 4.78 is 5.02. The van der Waals surface area contributed by atoms with Crippen molar-refractivity contribution in [2.45, 2.75) is 17.9 Å². The number of ether oxygens (including phenoxy) is 1. The Labute approximate surface area is 153 Å². The van der Waals surface area contributed by atoms with Crippen LogP contribution in [0.3, 0.4) is 0 Å². The number of nitrogens with one attached hydrogen (secondary N) is 1. The van der Waals surface area contributed by atoms with Crippen molar-refractivity contribution < 1.29 is 14.3 Å². The summed E-state index contributed by atoms with van der Waals surface area (Å²) in [6.07, 6.45) is 2.53. The van der Waals surface area contributed by atoms with E-state index in [-0.39, 0.29) is 17.9 Å². The zero-order chi connectivity index (χ0) is 18.2. The van der Waals surface area contributed by atoms with Crippen molar-refractivity contribution in [1.29, 1.82) is 0 Å². The fourth-order valence-electron chi connectivity index (χ4n) is 2.89. The number of amides is 3. The maximum absolute atomic E-state index is 12.3. The number of thioether (sulfide) groups is 1. The summed E-state index contributed by atoms with van der Waals surface area (Å²) in [7, 11) is 3.41. The number of likely N-dealkylation sites (tertiary alicyclic amines) is 1. The molecule has 1 aromatic carbocycles. The molecule has 0 spiro atoms. The summed E-state index contributed by atoms with van der Waals surface area (Å²) in [5.74, 6) is 0.306.